The van der Waals surface area contributed by atoms with Crippen molar-refractivity contribution in [3.8, 4) is 11.5 Å². The zero-order chi connectivity index (χ0) is 18.2. The van der Waals surface area contributed by atoms with Crippen LogP contribution in [0.4, 0.5) is 0 Å². The van der Waals surface area contributed by atoms with Gasteiger partial charge in [-0.2, -0.15) is 0 Å². The second kappa shape index (κ2) is 9.11. The number of methoxy groups -OCH3 is 2. The van der Waals surface area contributed by atoms with E-state index in [9.17, 15) is 4.79 Å². The van der Waals surface area contributed by atoms with Crippen molar-refractivity contribution in [2.75, 3.05) is 14.2 Å². The minimum Gasteiger partial charge on any atom is -0.497 e. The fraction of sp³-hybridized carbons (Fsp3) is 0.381. The van der Waals surface area contributed by atoms with E-state index in [0.717, 1.165) is 29.0 Å². The molecule has 1 amide bonds. The number of ether oxygens (including phenoxy) is 2. The van der Waals surface area contributed by atoms with Crippen molar-refractivity contribution in [1.29, 1.82) is 0 Å². The molecule has 4 heteroatoms. The van der Waals surface area contributed by atoms with Crippen LogP contribution in [0, 0.1) is 5.92 Å². The lowest BCUT2D eigenvalue weighted by Crippen LogP contribution is -2.30. The van der Waals surface area contributed by atoms with Crippen molar-refractivity contribution in [2.45, 2.75) is 32.7 Å². The summed E-state index contributed by atoms with van der Waals surface area (Å²) < 4.78 is 10.4. The average molecular weight is 341 g/mol. The number of carbonyl (C=O) groups is 1. The van der Waals surface area contributed by atoms with E-state index >= 15 is 0 Å². The van der Waals surface area contributed by atoms with E-state index in [1.165, 1.54) is 0 Å². The Bertz CT molecular complexity index is 663. The van der Waals surface area contributed by atoms with Gasteiger partial charge < -0.3 is 14.8 Å². The third-order valence-corrected chi connectivity index (χ3v) is 4.08. The largest absolute Gasteiger partial charge is 0.497 e. The molecule has 0 aromatic heterocycles. The Morgan fingerprint density at radius 2 is 1.44 bits per heavy atom. The van der Waals surface area contributed by atoms with Crippen LogP contribution < -0.4 is 14.8 Å². The molecule has 0 radical (unpaired) electrons. The lowest BCUT2D eigenvalue weighted by Gasteiger charge is -2.21. The maximum atomic E-state index is 12.5. The monoisotopic (exact) mass is 341 g/mol. The van der Waals surface area contributed by atoms with Crippen molar-refractivity contribution in [2.24, 2.45) is 5.92 Å². The summed E-state index contributed by atoms with van der Waals surface area (Å²) in [5, 5.41) is 3.17. The highest BCUT2D eigenvalue weighted by Gasteiger charge is 2.16. The summed E-state index contributed by atoms with van der Waals surface area (Å²) in [6, 6.07) is 15.5. The molecule has 1 unspecified atom stereocenters. The number of nitrogens with one attached hydrogen (secondary N) is 1. The summed E-state index contributed by atoms with van der Waals surface area (Å²) in [6.07, 6.45) is 1.25. The summed E-state index contributed by atoms with van der Waals surface area (Å²) in [6.45, 7) is 4.32. The van der Waals surface area contributed by atoms with Gasteiger partial charge in [-0.25, -0.2) is 0 Å². The summed E-state index contributed by atoms with van der Waals surface area (Å²) in [5.74, 6) is 2.11. The van der Waals surface area contributed by atoms with Gasteiger partial charge in [-0.05, 0) is 47.7 Å². The molecule has 25 heavy (non-hydrogen) atoms. The van der Waals surface area contributed by atoms with Crippen LogP contribution in [0.1, 0.15) is 37.4 Å². The fourth-order valence-electron chi connectivity index (χ4n) is 2.76. The number of hydrogen-bond acceptors (Lipinski definition) is 3. The van der Waals surface area contributed by atoms with Crippen molar-refractivity contribution >= 4 is 5.91 Å². The van der Waals surface area contributed by atoms with Crippen LogP contribution in [0.2, 0.25) is 0 Å². The predicted molar refractivity (Wildman–Crippen MR) is 100 cm³/mol. The Kier molecular flexibility index (Phi) is 6.87. The summed E-state index contributed by atoms with van der Waals surface area (Å²) in [4.78, 5) is 12.5. The molecule has 1 atom stereocenters. The van der Waals surface area contributed by atoms with Crippen molar-refractivity contribution in [3.63, 3.8) is 0 Å². The Labute approximate surface area is 150 Å². The molecule has 0 saturated carbocycles. The molecular weight excluding hydrogens is 314 g/mol. The molecule has 0 saturated heterocycles. The lowest BCUT2D eigenvalue weighted by molar-refractivity contribution is -0.121. The lowest BCUT2D eigenvalue weighted by atomic mass is 9.96. The first-order valence-electron chi connectivity index (χ1n) is 8.58. The molecule has 0 aliphatic carbocycles. The number of benzene rings is 2. The summed E-state index contributed by atoms with van der Waals surface area (Å²) in [5.41, 5.74) is 2.06. The van der Waals surface area contributed by atoms with Gasteiger partial charge in [0.05, 0.1) is 26.7 Å². The molecule has 0 fully saturated rings. The molecule has 2 rings (SSSR count). The van der Waals surface area contributed by atoms with Gasteiger partial charge in [0.2, 0.25) is 5.91 Å². The molecular formula is C21H27NO3. The van der Waals surface area contributed by atoms with E-state index in [1.807, 2.05) is 48.5 Å². The first-order valence-corrected chi connectivity index (χ1v) is 8.58. The minimum atomic E-state index is -0.00310. The van der Waals surface area contributed by atoms with Crippen molar-refractivity contribution in [1.82, 2.24) is 5.32 Å². The Morgan fingerprint density at radius 3 is 1.92 bits per heavy atom. The first-order chi connectivity index (χ1) is 12.0. The third-order valence-electron chi connectivity index (χ3n) is 4.08. The highest BCUT2D eigenvalue weighted by atomic mass is 16.5. The average Bonchev–Trinajstić information content (AvgIpc) is 2.61. The van der Waals surface area contributed by atoms with Gasteiger partial charge in [-0.15, -0.1) is 0 Å². The summed E-state index contributed by atoms with van der Waals surface area (Å²) >= 11 is 0. The van der Waals surface area contributed by atoms with Crippen LogP contribution in [0.5, 0.6) is 11.5 Å². The van der Waals surface area contributed by atoms with E-state index < -0.39 is 0 Å². The minimum absolute atomic E-state index is 0.00310. The van der Waals surface area contributed by atoms with Crippen LogP contribution in [0.3, 0.4) is 0 Å². The number of rotatable bonds is 8. The highest BCUT2D eigenvalue weighted by molar-refractivity contribution is 5.79. The number of hydrogen-bond donors (Lipinski definition) is 1. The maximum Gasteiger partial charge on any atom is 0.224 e. The molecule has 1 N–H and O–H groups in total. The van der Waals surface area contributed by atoms with Crippen molar-refractivity contribution < 1.29 is 14.3 Å². The molecule has 0 spiro atoms. The Morgan fingerprint density at radius 1 is 0.920 bits per heavy atom. The molecule has 0 aliphatic heterocycles. The van der Waals surface area contributed by atoms with Gasteiger partial charge in [0.25, 0.3) is 0 Å². The van der Waals surface area contributed by atoms with E-state index in [1.54, 1.807) is 14.2 Å². The Hall–Kier alpha value is -2.49. The van der Waals surface area contributed by atoms with E-state index in [0.29, 0.717) is 12.3 Å². The van der Waals surface area contributed by atoms with Crippen LogP contribution in [-0.4, -0.2) is 20.1 Å². The zero-order valence-corrected chi connectivity index (χ0v) is 15.4. The standard InChI is InChI=1S/C21H27NO3/c1-15(2)13-20(17-7-11-19(25-4)12-8-17)22-21(23)14-16-5-9-18(24-3)10-6-16/h5-12,15,20H,13-14H2,1-4H3,(H,22,23). The molecule has 0 heterocycles. The normalized spacial score (nSPS) is 11.9. The molecule has 0 aliphatic rings. The van der Waals surface area contributed by atoms with Crippen LogP contribution >= 0.6 is 0 Å². The highest BCUT2D eigenvalue weighted by Crippen LogP contribution is 2.24. The molecule has 2 aromatic rings. The van der Waals surface area contributed by atoms with E-state index in [4.69, 9.17) is 9.47 Å². The third kappa shape index (κ3) is 5.82. The predicted octanol–water partition coefficient (Wildman–Crippen LogP) is 4.15. The molecule has 0 bridgehead atoms. The second-order valence-electron chi connectivity index (χ2n) is 6.55. The maximum absolute atomic E-state index is 12.5. The smallest absolute Gasteiger partial charge is 0.224 e. The van der Waals surface area contributed by atoms with E-state index in [-0.39, 0.29) is 11.9 Å². The van der Waals surface area contributed by atoms with Gasteiger partial charge >= 0.3 is 0 Å². The first kappa shape index (κ1) is 18.8. The molecule has 4 nitrogen and oxygen atoms in total. The number of amides is 1. The second-order valence-corrected chi connectivity index (χ2v) is 6.55. The molecule has 134 valence electrons. The van der Waals surface area contributed by atoms with Crippen LogP contribution in [-0.2, 0) is 11.2 Å². The van der Waals surface area contributed by atoms with Gasteiger partial charge in [0.1, 0.15) is 11.5 Å². The van der Waals surface area contributed by atoms with Crippen LogP contribution in [0.25, 0.3) is 0 Å². The quantitative estimate of drug-likeness (QED) is 0.784. The SMILES string of the molecule is COc1ccc(CC(=O)NC(CC(C)C)c2ccc(OC)cc2)cc1. The fourth-order valence-corrected chi connectivity index (χ4v) is 2.76. The van der Waals surface area contributed by atoms with Gasteiger partial charge in [-0.3, -0.25) is 4.79 Å². The zero-order valence-electron chi connectivity index (χ0n) is 15.4. The molecule has 2 aromatic carbocycles. The van der Waals surface area contributed by atoms with Crippen LogP contribution in [0.15, 0.2) is 48.5 Å². The van der Waals surface area contributed by atoms with E-state index in [2.05, 4.69) is 19.2 Å². The summed E-state index contributed by atoms with van der Waals surface area (Å²) in [7, 11) is 3.28. The van der Waals surface area contributed by atoms with Gasteiger partial charge in [0.15, 0.2) is 0 Å². The van der Waals surface area contributed by atoms with Gasteiger partial charge in [0, 0.05) is 0 Å². The number of carbonyl (C=O) groups excluding carboxylic acids is 1. The van der Waals surface area contributed by atoms with Gasteiger partial charge in [-0.1, -0.05) is 38.1 Å². The van der Waals surface area contributed by atoms with Crippen molar-refractivity contribution in [3.05, 3.63) is 59.7 Å². The Balaban J connectivity index is 2.05. The topological polar surface area (TPSA) is 47.6 Å².